The Kier molecular flexibility index (Phi) is 18.2. The molecule has 0 aromatic heterocycles. The highest BCUT2D eigenvalue weighted by molar-refractivity contribution is 7.84. The predicted octanol–water partition coefficient (Wildman–Crippen LogP) is 5.00. The van der Waals surface area contributed by atoms with Crippen LogP contribution in [-0.2, 0) is 26.9 Å². The molecule has 0 bridgehead atoms. The Morgan fingerprint density at radius 1 is 1.32 bits per heavy atom. The van der Waals surface area contributed by atoms with E-state index in [1.165, 1.54) is 20.0 Å². The summed E-state index contributed by atoms with van der Waals surface area (Å²) in [5.74, 6) is 2.68. The SMILES string of the molecule is CN[S@@](=O)C(C)(C)C.COC(=O)Cc1ccccc1.C[B]/C=C\C(C)CCC.[HH]. The Labute approximate surface area is 177 Å². The topological polar surface area (TPSA) is 55.4 Å². The van der Waals surface area contributed by atoms with Crippen LogP contribution in [0.4, 0.5) is 0 Å². The number of allylic oxidation sites excluding steroid dienone is 1. The number of rotatable bonds is 7. The fourth-order valence-electron chi connectivity index (χ4n) is 1.99. The van der Waals surface area contributed by atoms with Crippen molar-refractivity contribution in [3.63, 3.8) is 0 Å². The first-order valence-electron chi connectivity index (χ1n) is 9.78. The molecule has 28 heavy (non-hydrogen) atoms. The summed E-state index contributed by atoms with van der Waals surface area (Å²) in [6, 6.07) is 9.52. The number of benzene rings is 1. The first-order chi connectivity index (χ1) is 13.1. The smallest absolute Gasteiger partial charge is 0.309 e. The molecule has 0 heterocycles. The van der Waals surface area contributed by atoms with Gasteiger partial charge in [-0.1, -0.05) is 63.5 Å². The number of hydrogen-bond acceptors (Lipinski definition) is 3. The first-order valence-corrected chi connectivity index (χ1v) is 10.9. The molecule has 6 heteroatoms. The van der Waals surface area contributed by atoms with Crippen LogP contribution < -0.4 is 4.72 Å². The lowest BCUT2D eigenvalue weighted by Gasteiger charge is -2.15. The third-order valence-electron chi connectivity index (χ3n) is 3.54. The van der Waals surface area contributed by atoms with Gasteiger partial charge >= 0.3 is 5.97 Å². The van der Waals surface area contributed by atoms with E-state index in [0.29, 0.717) is 6.42 Å². The molecule has 1 unspecified atom stereocenters. The molecule has 1 N–H and O–H groups in total. The van der Waals surface area contributed by atoms with Gasteiger partial charge in [-0.3, -0.25) is 4.79 Å². The van der Waals surface area contributed by atoms with E-state index in [2.05, 4.69) is 49.5 Å². The van der Waals surface area contributed by atoms with E-state index in [0.717, 1.165) is 11.5 Å². The van der Waals surface area contributed by atoms with Crippen molar-refractivity contribution < 1.29 is 15.2 Å². The highest BCUT2D eigenvalue weighted by Crippen LogP contribution is 2.07. The predicted molar refractivity (Wildman–Crippen MR) is 126 cm³/mol. The molecule has 2 atom stereocenters. The molecule has 0 aliphatic rings. The number of hydrogen-bond donors (Lipinski definition) is 1. The molecule has 0 spiro atoms. The van der Waals surface area contributed by atoms with Gasteiger partial charge in [0.25, 0.3) is 0 Å². The summed E-state index contributed by atoms with van der Waals surface area (Å²) in [6.07, 6.45) is 5.21. The second-order valence-electron chi connectivity index (χ2n) is 7.31. The minimum Gasteiger partial charge on any atom is -0.469 e. The maximum absolute atomic E-state index is 10.8. The number of nitrogens with one attached hydrogen (secondary N) is 1. The Bertz CT molecular complexity index is 563. The lowest BCUT2D eigenvalue weighted by Crippen LogP contribution is -2.30. The van der Waals surface area contributed by atoms with Crippen molar-refractivity contribution in [1.82, 2.24) is 4.72 Å². The number of carbonyl (C=O) groups excluding carboxylic acids is 1. The van der Waals surface area contributed by atoms with Gasteiger partial charge in [0.15, 0.2) is 0 Å². The van der Waals surface area contributed by atoms with Crippen molar-refractivity contribution in [2.75, 3.05) is 14.2 Å². The van der Waals surface area contributed by atoms with Crippen molar-refractivity contribution in [3.8, 4) is 0 Å². The molecule has 1 aromatic rings. The van der Waals surface area contributed by atoms with Gasteiger partial charge in [0.2, 0.25) is 0 Å². The zero-order valence-corrected chi connectivity index (χ0v) is 19.8. The van der Waals surface area contributed by atoms with E-state index < -0.39 is 11.0 Å². The van der Waals surface area contributed by atoms with Crippen LogP contribution in [0.15, 0.2) is 42.4 Å². The average molecular weight is 410 g/mol. The van der Waals surface area contributed by atoms with E-state index in [9.17, 15) is 9.00 Å². The third kappa shape index (κ3) is 18.0. The van der Waals surface area contributed by atoms with Gasteiger partial charge < -0.3 is 4.74 Å². The van der Waals surface area contributed by atoms with Gasteiger partial charge in [-0.25, -0.2) is 8.93 Å². The number of methoxy groups -OCH3 is 1. The van der Waals surface area contributed by atoms with Crippen LogP contribution in [0.1, 0.15) is 54.5 Å². The van der Waals surface area contributed by atoms with Gasteiger partial charge in [-0.05, 0) is 45.7 Å². The minimum absolute atomic E-state index is 0. The van der Waals surface area contributed by atoms with E-state index in [-0.39, 0.29) is 12.1 Å². The summed E-state index contributed by atoms with van der Waals surface area (Å²) >= 11 is 0. The monoisotopic (exact) mass is 410 g/mol. The zero-order valence-electron chi connectivity index (χ0n) is 19.0. The lowest BCUT2D eigenvalue weighted by molar-refractivity contribution is -0.139. The molecule has 0 saturated heterocycles. The molecular weight excluding hydrogens is 369 g/mol. The van der Waals surface area contributed by atoms with Gasteiger partial charge in [-0.2, -0.15) is 0 Å². The summed E-state index contributed by atoms with van der Waals surface area (Å²) < 4.78 is 17.9. The maximum Gasteiger partial charge on any atom is 0.309 e. The van der Waals surface area contributed by atoms with Gasteiger partial charge in [-0.15, -0.1) is 5.98 Å². The second kappa shape index (κ2) is 17.7. The van der Waals surface area contributed by atoms with Crippen LogP contribution in [0.3, 0.4) is 0 Å². The first kappa shape index (κ1) is 28.8. The average Bonchev–Trinajstić information content (AvgIpc) is 2.67. The van der Waals surface area contributed by atoms with Crippen LogP contribution in [0.2, 0.25) is 6.82 Å². The fourth-order valence-corrected chi connectivity index (χ4v) is 2.61. The number of ether oxygens (including phenoxy) is 1. The van der Waals surface area contributed by atoms with Crippen LogP contribution in [0.25, 0.3) is 0 Å². The Balaban J connectivity index is -0.000000350. The van der Waals surface area contributed by atoms with E-state index in [1.54, 1.807) is 7.05 Å². The summed E-state index contributed by atoms with van der Waals surface area (Å²) in [6.45, 7) is 12.3. The Hall–Kier alpha value is -1.40. The molecule has 1 aromatic carbocycles. The lowest BCUT2D eigenvalue weighted by atomic mass is 9.81. The summed E-state index contributed by atoms with van der Waals surface area (Å²) in [7, 11) is 4.27. The van der Waals surface area contributed by atoms with Gasteiger partial charge in [0.1, 0.15) is 7.28 Å². The molecule has 0 fully saturated rings. The molecule has 4 nitrogen and oxygen atoms in total. The van der Waals surface area contributed by atoms with E-state index in [1.807, 2.05) is 51.1 Å². The summed E-state index contributed by atoms with van der Waals surface area (Å²) in [4.78, 5) is 10.8. The van der Waals surface area contributed by atoms with E-state index >= 15 is 0 Å². The quantitative estimate of drug-likeness (QED) is 0.508. The van der Waals surface area contributed by atoms with Crippen molar-refractivity contribution in [3.05, 3.63) is 47.9 Å². The van der Waals surface area contributed by atoms with Crippen molar-refractivity contribution in [2.45, 2.75) is 65.5 Å². The summed E-state index contributed by atoms with van der Waals surface area (Å²) in [5, 5.41) is 0. The molecule has 161 valence electrons. The second-order valence-corrected chi connectivity index (χ2v) is 9.48. The number of esters is 1. The molecule has 1 radical (unpaired) electrons. The minimum atomic E-state index is -0.894. The molecule has 0 aliphatic heterocycles. The highest BCUT2D eigenvalue weighted by Gasteiger charge is 2.16. The summed E-state index contributed by atoms with van der Waals surface area (Å²) in [5.41, 5.74) is 0.986. The van der Waals surface area contributed by atoms with Crippen molar-refractivity contribution >= 4 is 24.2 Å². The molecule has 0 amide bonds. The number of carbonyl (C=O) groups is 1. The zero-order chi connectivity index (χ0) is 22.0. The van der Waals surface area contributed by atoms with Crippen LogP contribution in [0.5, 0.6) is 0 Å². The Morgan fingerprint density at radius 2 is 1.89 bits per heavy atom. The largest absolute Gasteiger partial charge is 0.469 e. The Morgan fingerprint density at radius 3 is 2.25 bits per heavy atom. The molecular formula is C22H41BNO3S. The fraction of sp³-hybridized carbons (Fsp3) is 0.591. The maximum atomic E-state index is 10.8. The standard InChI is InChI=1S/C9H10O2.C8H16B.C5H13NOS.H2/c1-11-9(10)7-8-5-3-2-4-6-8;1-4-5-8(2)6-7-9-3;1-5(2,3)8(7)6-4;/h2-6H,7H2,1H3;6-8H,4-5H2,1-3H3;6H,1-4H3;1H/b;7-6-;;/t;;8-;/m..0./s1. The molecule has 0 saturated carbocycles. The van der Waals surface area contributed by atoms with Gasteiger partial charge in [0.05, 0.1) is 29.3 Å². The van der Waals surface area contributed by atoms with Crippen LogP contribution in [0, 0.1) is 5.92 Å². The van der Waals surface area contributed by atoms with Crippen molar-refractivity contribution in [1.29, 1.82) is 0 Å². The van der Waals surface area contributed by atoms with Gasteiger partial charge in [0, 0.05) is 1.43 Å². The third-order valence-corrected chi connectivity index (χ3v) is 5.02. The molecule has 0 aliphatic carbocycles. The van der Waals surface area contributed by atoms with Crippen molar-refractivity contribution in [2.24, 2.45) is 5.92 Å². The normalized spacial score (nSPS) is 12.7. The van der Waals surface area contributed by atoms with Crippen LogP contribution in [-0.4, -0.2) is 36.4 Å². The highest BCUT2D eigenvalue weighted by atomic mass is 32.2. The molecule has 1 rings (SSSR count). The van der Waals surface area contributed by atoms with E-state index in [4.69, 9.17) is 0 Å². The van der Waals surface area contributed by atoms with Crippen LogP contribution >= 0.6 is 0 Å².